The summed E-state index contributed by atoms with van der Waals surface area (Å²) in [5.74, 6) is 0.789. The molecule has 0 saturated carbocycles. The van der Waals surface area contributed by atoms with Crippen molar-refractivity contribution in [3.8, 4) is 5.75 Å². The summed E-state index contributed by atoms with van der Waals surface area (Å²) in [6, 6.07) is 4.07. The number of nitrogens with two attached hydrogens (primary N) is 1. The van der Waals surface area contributed by atoms with Crippen molar-refractivity contribution >= 4 is 5.91 Å². The predicted molar refractivity (Wildman–Crippen MR) is 77.3 cm³/mol. The summed E-state index contributed by atoms with van der Waals surface area (Å²) in [5.41, 5.74) is 8.49. The summed E-state index contributed by atoms with van der Waals surface area (Å²) in [6.45, 7) is 8.28. The Balaban J connectivity index is 3.26. The van der Waals surface area contributed by atoms with E-state index < -0.39 is 0 Å². The molecule has 0 saturated heterocycles. The molecule has 4 nitrogen and oxygen atoms in total. The first-order valence-corrected chi connectivity index (χ1v) is 6.47. The minimum Gasteiger partial charge on any atom is -0.478 e. The molecule has 0 spiro atoms. The number of amides is 1. The van der Waals surface area contributed by atoms with E-state index in [4.69, 9.17) is 10.5 Å². The quantitative estimate of drug-likeness (QED) is 0.800. The zero-order valence-electron chi connectivity index (χ0n) is 12.5. The number of ether oxygens (including phenoxy) is 1. The van der Waals surface area contributed by atoms with Gasteiger partial charge in [0.05, 0.1) is 0 Å². The van der Waals surface area contributed by atoms with Crippen LogP contribution in [0.1, 0.15) is 37.0 Å². The molecule has 4 heteroatoms. The van der Waals surface area contributed by atoms with Crippen LogP contribution in [0.5, 0.6) is 5.75 Å². The van der Waals surface area contributed by atoms with E-state index in [2.05, 4.69) is 11.4 Å². The minimum atomic E-state index is -0.303. The van der Waals surface area contributed by atoms with Crippen LogP contribution in [-0.4, -0.2) is 19.7 Å². The van der Waals surface area contributed by atoms with Crippen LogP contribution in [0, 0.1) is 13.8 Å². The number of nitrogens with one attached hydrogen (secondary N) is 1. The van der Waals surface area contributed by atoms with Crippen molar-refractivity contribution in [3.05, 3.63) is 28.8 Å². The van der Waals surface area contributed by atoms with Crippen molar-refractivity contribution in [2.75, 3.05) is 13.8 Å². The van der Waals surface area contributed by atoms with E-state index in [1.165, 1.54) is 0 Å². The Morgan fingerprint density at radius 1 is 1.37 bits per heavy atom. The van der Waals surface area contributed by atoms with Gasteiger partial charge in [0, 0.05) is 24.4 Å². The third kappa shape index (κ3) is 3.70. The topological polar surface area (TPSA) is 64.3 Å². The normalized spacial score (nSPS) is 11.3. The van der Waals surface area contributed by atoms with Crippen LogP contribution in [0.2, 0.25) is 0 Å². The van der Waals surface area contributed by atoms with Crippen molar-refractivity contribution < 1.29 is 9.53 Å². The lowest BCUT2D eigenvalue weighted by atomic mass is 9.78. The molecule has 0 aliphatic carbocycles. The molecule has 0 aromatic heterocycles. The monoisotopic (exact) mass is 264 g/mol. The zero-order valence-corrected chi connectivity index (χ0v) is 12.5. The lowest BCUT2D eigenvalue weighted by Crippen LogP contribution is -2.30. The van der Waals surface area contributed by atoms with Gasteiger partial charge < -0.3 is 10.1 Å². The van der Waals surface area contributed by atoms with E-state index in [0.29, 0.717) is 6.42 Å². The molecule has 3 N–H and O–H groups in total. The van der Waals surface area contributed by atoms with E-state index in [0.717, 1.165) is 22.4 Å². The van der Waals surface area contributed by atoms with Crippen LogP contribution in [0.3, 0.4) is 0 Å². The number of carbonyl (C=O) groups is 1. The third-order valence-corrected chi connectivity index (χ3v) is 3.24. The summed E-state index contributed by atoms with van der Waals surface area (Å²) >= 11 is 0. The van der Waals surface area contributed by atoms with Gasteiger partial charge in [0.25, 0.3) is 0 Å². The van der Waals surface area contributed by atoms with Crippen LogP contribution in [0.15, 0.2) is 12.1 Å². The van der Waals surface area contributed by atoms with E-state index in [9.17, 15) is 4.79 Å². The Hall–Kier alpha value is -1.55. The Bertz CT molecular complexity index is 467. The van der Waals surface area contributed by atoms with Gasteiger partial charge in [0.15, 0.2) is 0 Å². The summed E-state index contributed by atoms with van der Waals surface area (Å²) in [4.78, 5) is 11.7. The van der Waals surface area contributed by atoms with Crippen molar-refractivity contribution in [3.63, 3.8) is 0 Å². The van der Waals surface area contributed by atoms with Gasteiger partial charge in [-0.1, -0.05) is 19.9 Å². The smallest absolute Gasteiger partial charge is 0.220 e. The first-order chi connectivity index (χ1) is 8.81. The van der Waals surface area contributed by atoms with E-state index >= 15 is 0 Å². The number of benzene rings is 1. The van der Waals surface area contributed by atoms with Crippen molar-refractivity contribution in [1.82, 2.24) is 5.32 Å². The molecule has 0 bridgehead atoms. The van der Waals surface area contributed by atoms with Crippen LogP contribution in [0.4, 0.5) is 0 Å². The fourth-order valence-electron chi connectivity index (χ4n) is 2.58. The molecule has 1 amide bonds. The maximum atomic E-state index is 11.7. The maximum Gasteiger partial charge on any atom is 0.220 e. The van der Waals surface area contributed by atoms with Crippen LogP contribution < -0.4 is 15.8 Å². The van der Waals surface area contributed by atoms with E-state index in [-0.39, 0.29) is 18.1 Å². The molecule has 1 rings (SSSR count). The highest BCUT2D eigenvalue weighted by molar-refractivity contribution is 5.77. The Morgan fingerprint density at radius 3 is 2.53 bits per heavy atom. The lowest BCUT2D eigenvalue weighted by Gasteiger charge is -2.29. The number of hydrogen-bond acceptors (Lipinski definition) is 3. The Labute approximate surface area is 115 Å². The summed E-state index contributed by atoms with van der Waals surface area (Å²) in [7, 11) is 1.65. The molecule has 0 radical (unpaired) electrons. The van der Waals surface area contributed by atoms with Gasteiger partial charge in [-0.3, -0.25) is 10.5 Å². The average Bonchev–Trinajstić information content (AvgIpc) is 2.27. The summed E-state index contributed by atoms with van der Waals surface area (Å²) in [6.07, 6.45) is 0.411. The molecule has 0 heterocycles. The molecular formula is C15H24N2O2. The molecule has 0 aliphatic rings. The molecule has 0 fully saturated rings. The zero-order chi connectivity index (χ0) is 14.6. The lowest BCUT2D eigenvalue weighted by molar-refractivity contribution is -0.121. The summed E-state index contributed by atoms with van der Waals surface area (Å²) < 4.78 is 5.55. The second-order valence-corrected chi connectivity index (χ2v) is 5.50. The number of rotatable bonds is 5. The first-order valence-electron chi connectivity index (χ1n) is 6.47. The molecule has 19 heavy (non-hydrogen) atoms. The van der Waals surface area contributed by atoms with Crippen molar-refractivity contribution in [2.24, 2.45) is 5.73 Å². The fraction of sp³-hybridized carbons (Fsp3) is 0.533. The van der Waals surface area contributed by atoms with E-state index in [1.54, 1.807) is 7.05 Å². The average molecular weight is 264 g/mol. The number of hydrogen-bond donors (Lipinski definition) is 2. The SMILES string of the molecule is CNC(=O)CC(C)(C)c1c(C)cc(C)cc1OCN. The third-order valence-electron chi connectivity index (χ3n) is 3.24. The first kappa shape index (κ1) is 15.5. The predicted octanol–water partition coefficient (Wildman–Crippen LogP) is 2.01. The van der Waals surface area contributed by atoms with E-state index in [1.807, 2.05) is 33.8 Å². The van der Waals surface area contributed by atoms with Gasteiger partial charge in [-0.25, -0.2) is 0 Å². The molecular weight excluding hydrogens is 240 g/mol. The standard InChI is InChI=1S/C15H24N2O2/c1-10-6-11(2)14(12(7-10)19-9-16)15(3,4)8-13(18)17-5/h6-7H,8-9,16H2,1-5H3,(H,17,18). The molecule has 0 unspecified atom stereocenters. The van der Waals surface area contributed by atoms with Crippen LogP contribution in [-0.2, 0) is 10.2 Å². The highest BCUT2D eigenvalue weighted by Crippen LogP contribution is 2.37. The minimum absolute atomic E-state index is 0.0173. The largest absolute Gasteiger partial charge is 0.478 e. The fourth-order valence-corrected chi connectivity index (χ4v) is 2.58. The molecule has 0 atom stereocenters. The van der Waals surface area contributed by atoms with Crippen molar-refractivity contribution in [2.45, 2.75) is 39.5 Å². The van der Waals surface area contributed by atoms with Gasteiger partial charge >= 0.3 is 0 Å². The Kier molecular flexibility index (Phi) is 4.95. The van der Waals surface area contributed by atoms with Gasteiger partial charge in [-0.15, -0.1) is 0 Å². The molecule has 1 aromatic rings. The molecule has 1 aromatic carbocycles. The van der Waals surface area contributed by atoms with Gasteiger partial charge in [0.2, 0.25) is 5.91 Å². The highest BCUT2D eigenvalue weighted by Gasteiger charge is 2.29. The highest BCUT2D eigenvalue weighted by atomic mass is 16.5. The molecule has 106 valence electrons. The second kappa shape index (κ2) is 6.06. The number of carbonyl (C=O) groups excluding carboxylic acids is 1. The molecule has 0 aliphatic heterocycles. The van der Waals surface area contributed by atoms with Gasteiger partial charge in [-0.2, -0.15) is 0 Å². The van der Waals surface area contributed by atoms with Gasteiger partial charge in [-0.05, 0) is 31.0 Å². The van der Waals surface area contributed by atoms with Crippen molar-refractivity contribution in [1.29, 1.82) is 0 Å². The Morgan fingerprint density at radius 2 is 2.00 bits per heavy atom. The second-order valence-electron chi connectivity index (χ2n) is 5.50. The number of aryl methyl sites for hydroxylation is 2. The van der Waals surface area contributed by atoms with Crippen LogP contribution in [0.25, 0.3) is 0 Å². The van der Waals surface area contributed by atoms with Crippen LogP contribution >= 0.6 is 0 Å². The maximum absolute atomic E-state index is 11.7. The van der Waals surface area contributed by atoms with Gasteiger partial charge in [0.1, 0.15) is 12.5 Å². The summed E-state index contributed by atoms with van der Waals surface area (Å²) in [5, 5.41) is 2.67.